The molecule has 0 saturated carbocycles. The second kappa shape index (κ2) is 12.0. The fourth-order valence-corrected chi connectivity index (χ4v) is 8.57. The van der Waals surface area contributed by atoms with E-state index in [9.17, 15) is 36.1 Å². The third kappa shape index (κ3) is 5.94. The van der Waals surface area contributed by atoms with E-state index in [1.165, 1.54) is 45.6 Å². The van der Waals surface area contributed by atoms with Crippen LogP contribution in [0.15, 0.2) is 29.2 Å². The van der Waals surface area contributed by atoms with Crippen molar-refractivity contribution in [3.05, 3.63) is 29.2 Å². The van der Waals surface area contributed by atoms with Gasteiger partial charge in [-0.2, -0.15) is 17.5 Å². The van der Waals surface area contributed by atoms with E-state index in [1.807, 2.05) is 0 Å². The van der Waals surface area contributed by atoms with E-state index < -0.39 is 46.2 Å². The zero-order valence-electron chi connectivity index (χ0n) is 23.5. The molecule has 0 aromatic heterocycles. The van der Waals surface area contributed by atoms with Gasteiger partial charge in [-0.05, 0) is 81.0 Å². The molecule has 0 aliphatic carbocycles. The number of hydrogen-bond acceptors (Lipinski definition) is 6. The Bertz CT molecular complexity index is 1280. The molecule has 0 radical (unpaired) electrons. The number of likely N-dealkylation sites (tertiary alicyclic amines) is 1. The number of rotatable bonds is 5. The summed E-state index contributed by atoms with van der Waals surface area (Å²) < 4.78 is 74.9. The molecule has 2 amide bonds. The molecule has 4 aliphatic heterocycles. The summed E-state index contributed by atoms with van der Waals surface area (Å²) in [5.41, 5.74) is 0.388. The number of benzene rings is 1. The van der Waals surface area contributed by atoms with Crippen LogP contribution in [0, 0.1) is 22.7 Å². The predicted molar refractivity (Wildman–Crippen MR) is 145 cm³/mol. The molecule has 5 rings (SSSR count). The van der Waals surface area contributed by atoms with Gasteiger partial charge < -0.3 is 9.64 Å². The molecule has 0 bridgehead atoms. The lowest BCUT2D eigenvalue weighted by Gasteiger charge is -2.40. The van der Waals surface area contributed by atoms with Crippen molar-refractivity contribution in [1.82, 2.24) is 14.2 Å². The lowest BCUT2D eigenvalue weighted by atomic mass is 9.74. The molecule has 4 atom stereocenters. The van der Waals surface area contributed by atoms with Crippen LogP contribution < -0.4 is 5.32 Å². The highest BCUT2D eigenvalue weighted by atomic mass is 32.2. The fourth-order valence-electron chi connectivity index (χ4n) is 7.10. The average molecular weight is 617 g/mol. The molecule has 232 valence electrons. The molecule has 11 nitrogen and oxygen atoms in total. The largest absolute Gasteiger partial charge is 0.460 e. The summed E-state index contributed by atoms with van der Waals surface area (Å²) in [7, 11) is -2.56. The van der Waals surface area contributed by atoms with Crippen molar-refractivity contribution in [3.8, 4) is 0 Å². The first-order valence-corrected chi connectivity index (χ1v) is 15.9. The van der Waals surface area contributed by atoms with Crippen LogP contribution in [0.1, 0.15) is 44.9 Å². The molecule has 4 saturated heterocycles. The van der Waals surface area contributed by atoms with E-state index in [2.05, 4.69) is 10.1 Å². The molecular formula is C27H37F3N5O6S+. The Labute approximate surface area is 242 Å². The van der Waals surface area contributed by atoms with Crippen molar-refractivity contribution in [2.75, 3.05) is 45.2 Å². The van der Waals surface area contributed by atoms with E-state index in [1.54, 1.807) is 0 Å². The number of carbonyl (C=O) groups is 2. The van der Waals surface area contributed by atoms with Gasteiger partial charge >= 0.3 is 18.3 Å². The Hall–Kier alpha value is -2.94. The normalized spacial score (nSPS) is 28.0. The molecule has 4 aliphatic rings. The first-order valence-electron chi connectivity index (χ1n) is 14.5. The van der Waals surface area contributed by atoms with Crippen molar-refractivity contribution < 1.29 is 40.8 Å². The number of nitroso groups, excluding NO2 is 1. The SMILES string of the molecule is COC(=O)Nc1ccc(S(=O)(=O)N2CCC(C3CCN4C(C3)C(C(=O)N3CCCCC3)C(C(F)(F)F)[N+]4=O)CC2)cc1. The van der Waals surface area contributed by atoms with Crippen molar-refractivity contribution in [3.63, 3.8) is 0 Å². The lowest BCUT2D eigenvalue weighted by molar-refractivity contribution is -0.735. The highest BCUT2D eigenvalue weighted by molar-refractivity contribution is 7.89. The van der Waals surface area contributed by atoms with Gasteiger partial charge in [0.15, 0.2) is 0 Å². The van der Waals surface area contributed by atoms with Crippen molar-refractivity contribution in [2.45, 2.75) is 68.1 Å². The van der Waals surface area contributed by atoms with Crippen LogP contribution in [0.3, 0.4) is 0 Å². The molecule has 1 N–H and O–H groups in total. The molecule has 1 aromatic rings. The summed E-state index contributed by atoms with van der Waals surface area (Å²) in [6.45, 7) is 1.47. The summed E-state index contributed by atoms with van der Waals surface area (Å²) in [6.07, 6.45) is -1.23. The van der Waals surface area contributed by atoms with Gasteiger partial charge in [-0.3, -0.25) is 10.1 Å². The lowest BCUT2D eigenvalue weighted by Crippen LogP contribution is -2.51. The third-order valence-electron chi connectivity index (χ3n) is 9.28. The van der Waals surface area contributed by atoms with Gasteiger partial charge in [0.05, 0.1) is 23.5 Å². The molecular weight excluding hydrogens is 579 g/mol. The zero-order chi connectivity index (χ0) is 30.2. The number of nitrogens with zero attached hydrogens (tertiary/aromatic N) is 4. The van der Waals surface area contributed by atoms with Gasteiger partial charge in [0.2, 0.25) is 15.9 Å². The first kappa shape index (κ1) is 30.5. The summed E-state index contributed by atoms with van der Waals surface area (Å²) >= 11 is 0. The Morgan fingerprint density at radius 3 is 2.17 bits per heavy atom. The van der Waals surface area contributed by atoms with Gasteiger partial charge in [-0.25, -0.2) is 13.2 Å². The maximum absolute atomic E-state index is 14.1. The van der Waals surface area contributed by atoms with E-state index in [-0.39, 0.29) is 41.2 Å². The van der Waals surface area contributed by atoms with Crippen LogP contribution >= 0.6 is 0 Å². The predicted octanol–water partition coefficient (Wildman–Crippen LogP) is 3.61. The van der Waals surface area contributed by atoms with Gasteiger partial charge in [0.1, 0.15) is 16.8 Å². The number of sulfonamides is 1. The van der Waals surface area contributed by atoms with E-state index >= 15 is 0 Å². The number of amides is 2. The second-order valence-electron chi connectivity index (χ2n) is 11.6. The second-order valence-corrected chi connectivity index (χ2v) is 13.5. The number of fused-ring (bicyclic) bond motifs is 1. The number of hydrogen-bond donors (Lipinski definition) is 1. The number of halogens is 3. The fraction of sp³-hybridized carbons (Fsp3) is 0.704. The number of piperidine rings is 3. The Morgan fingerprint density at radius 1 is 0.952 bits per heavy atom. The number of methoxy groups -OCH3 is 1. The van der Waals surface area contributed by atoms with Crippen LogP contribution in [0.2, 0.25) is 0 Å². The highest BCUT2D eigenvalue weighted by Gasteiger charge is 2.71. The minimum atomic E-state index is -4.84. The van der Waals surface area contributed by atoms with Crippen LogP contribution in [-0.2, 0) is 19.6 Å². The topological polar surface area (TPSA) is 119 Å². The van der Waals surface area contributed by atoms with E-state index in [0.717, 1.165) is 19.3 Å². The summed E-state index contributed by atoms with van der Waals surface area (Å²) in [4.78, 5) is 39.3. The minimum Gasteiger partial charge on any atom is -0.453 e. The van der Waals surface area contributed by atoms with Crippen LogP contribution in [0.25, 0.3) is 0 Å². The molecule has 4 unspecified atom stereocenters. The Balaban J connectivity index is 1.25. The summed E-state index contributed by atoms with van der Waals surface area (Å²) in [5, 5.41) is 3.68. The van der Waals surface area contributed by atoms with Crippen molar-refractivity contribution in [2.24, 2.45) is 17.8 Å². The molecule has 4 fully saturated rings. The van der Waals surface area contributed by atoms with Crippen molar-refractivity contribution in [1.29, 1.82) is 0 Å². The van der Waals surface area contributed by atoms with E-state index in [0.29, 0.717) is 44.5 Å². The molecule has 4 heterocycles. The monoisotopic (exact) mass is 616 g/mol. The molecule has 42 heavy (non-hydrogen) atoms. The number of nitrogens with one attached hydrogen (secondary N) is 1. The van der Waals surface area contributed by atoms with Crippen molar-refractivity contribution >= 4 is 27.7 Å². The number of alkyl halides is 3. The number of hydrazine groups is 1. The number of anilines is 1. The molecule has 1 aromatic carbocycles. The number of ether oxygens (including phenoxy) is 1. The Morgan fingerprint density at radius 2 is 1.57 bits per heavy atom. The van der Waals surface area contributed by atoms with Crippen LogP contribution in [-0.4, -0.2) is 97.6 Å². The minimum absolute atomic E-state index is 0.00849. The summed E-state index contributed by atoms with van der Waals surface area (Å²) in [6, 6.07) is 2.54. The van der Waals surface area contributed by atoms with Crippen LogP contribution in [0.4, 0.5) is 23.7 Å². The highest BCUT2D eigenvalue weighted by Crippen LogP contribution is 2.46. The quantitative estimate of drug-likeness (QED) is 0.502. The standard InChI is InChI=1S/C27H36F3N5O6S/c1-41-26(37)31-20-5-7-21(8-6-20)42(39,40)33-14-9-18(10-15-33)19-11-16-34-22(17-19)23(24(35(34)38)27(28,29)30)25(36)32-12-3-2-4-13-32/h5-8,18-19,22-24H,2-4,9-17H2,1H3/p+1. The maximum Gasteiger partial charge on any atom is 0.460 e. The van der Waals surface area contributed by atoms with Crippen LogP contribution in [0.5, 0.6) is 0 Å². The van der Waals surface area contributed by atoms with Gasteiger partial charge in [0.25, 0.3) is 0 Å². The van der Waals surface area contributed by atoms with E-state index in [4.69, 9.17) is 0 Å². The average Bonchev–Trinajstić information content (AvgIpc) is 3.29. The third-order valence-corrected chi connectivity index (χ3v) is 11.2. The van der Waals surface area contributed by atoms with Gasteiger partial charge in [-0.1, -0.05) is 0 Å². The molecule has 0 spiro atoms. The smallest absolute Gasteiger partial charge is 0.453 e. The first-order chi connectivity index (χ1) is 19.9. The number of carbonyl (C=O) groups excluding carboxylic acids is 2. The summed E-state index contributed by atoms with van der Waals surface area (Å²) in [5.74, 6) is -2.00. The van der Waals surface area contributed by atoms with Gasteiger partial charge in [0, 0.05) is 31.9 Å². The maximum atomic E-state index is 14.1. The molecule has 15 heteroatoms. The zero-order valence-corrected chi connectivity index (χ0v) is 24.3. The van der Waals surface area contributed by atoms with Gasteiger partial charge in [-0.15, -0.1) is 5.01 Å². The Kier molecular flexibility index (Phi) is 8.70.